The topological polar surface area (TPSA) is 85.1 Å². The van der Waals surface area contributed by atoms with Gasteiger partial charge in [0.15, 0.2) is 0 Å². The Morgan fingerprint density at radius 3 is 2.41 bits per heavy atom. The average molecular weight is 300 g/mol. The molecule has 6 nitrogen and oxygen atoms in total. The molecule has 1 aromatic carbocycles. The summed E-state index contributed by atoms with van der Waals surface area (Å²) in [5.41, 5.74) is 0.419. The quantitative estimate of drug-likeness (QED) is 0.425. The minimum atomic E-state index is -1.94. The number of hydrogen-bond acceptors (Lipinski definition) is 5. The molecule has 0 N–H and O–H groups in total. The zero-order valence-corrected chi connectivity index (χ0v) is 12.4. The van der Waals surface area contributed by atoms with Gasteiger partial charge in [-0.3, -0.25) is 10.3 Å². The van der Waals surface area contributed by atoms with Crippen LogP contribution in [0.5, 0.6) is 0 Å². The van der Waals surface area contributed by atoms with Gasteiger partial charge < -0.3 is 14.9 Å². The maximum atomic E-state index is 12.3. The average Bonchev–Trinajstić information content (AvgIpc) is 2.83. The van der Waals surface area contributed by atoms with E-state index in [2.05, 4.69) is 20.6 Å². The van der Waals surface area contributed by atoms with Crippen LogP contribution < -0.4 is 29.1 Å². The molecule has 0 amide bonds. The predicted molar refractivity (Wildman–Crippen MR) is 47.4 cm³/mol. The molecule has 81 valence electrons. The summed E-state index contributed by atoms with van der Waals surface area (Å²) in [6, 6.07) is 8.58. The fraction of sp³-hybridized carbons (Fsp3) is 0.222. The van der Waals surface area contributed by atoms with Crippen molar-refractivity contribution in [2.75, 3.05) is 7.11 Å². The molecule has 0 aliphatic rings. The molecule has 0 saturated heterocycles. The summed E-state index contributed by atoms with van der Waals surface area (Å²) in [5.74, 6) is -2.03. The van der Waals surface area contributed by atoms with E-state index < -0.39 is 5.79 Å². The molecule has 0 aliphatic carbocycles. The molecule has 1 unspecified atom stereocenters. The van der Waals surface area contributed by atoms with E-state index in [4.69, 9.17) is 4.74 Å². The Bertz CT molecular complexity index is 428. The summed E-state index contributed by atoms with van der Waals surface area (Å²) in [5, 5.41) is 25.9. The number of methoxy groups -OCH3 is 1. The molecule has 2 rings (SSSR count). The monoisotopic (exact) mass is 300 g/mol. The normalized spacial score (nSPS) is 13.1. The molecule has 0 fully saturated rings. The number of benzene rings is 1. The third-order valence-electron chi connectivity index (χ3n) is 2.05. The minimum absolute atomic E-state index is 0. The molecule has 8 heteroatoms. The summed E-state index contributed by atoms with van der Waals surface area (Å²) in [6.07, 6.45) is 0. The first-order valence-electron chi connectivity index (χ1n) is 4.27. The van der Waals surface area contributed by atoms with Gasteiger partial charge in [0.25, 0.3) is 0 Å². The largest absolute Gasteiger partial charge is 1.00 e. The number of nitrogens with zero attached hydrogens (tertiary/aromatic N) is 4. The second-order valence-corrected chi connectivity index (χ2v) is 2.89. The zero-order valence-electron chi connectivity index (χ0n) is 9.57. The van der Waals surface area contributed by atoms with Crippen LogP contribution in [0.25, 0.3) is 0 Å². The van der Waals surface area contributed by atoms with Crippen LogP contribution in [-0.4, -0.2) is 22.6 Å². The summed E-state index contributed by atoms with van der Waals surface area (Å²) >= 11 is 0. The standard InChI is InChI=1S/C9H8N4O2.Li.Y/c1-15-9(14,8-10-12-13-11-8)7-5-3-2-4-6-7;;/h2-6H,1H3;;/q-2;+1;. The van der Waals surface area contributed by atoms with Crippen LogP contribution in [0.2, 0.25) is 0 Å². The Hall–Kier alpha value is -0.0887. The number of tetrazole rings is 1. The summed E-state index contributed by atoms with van der Waals surface area (Å²) in [6.45, 7) is 0. The molecule has 2 aromatic rings. The van der Waals surface area contributed by atoms with Crippen LogP contribution in [-0.2, 0) is 43.2 Å². The van der Waals surface area contributed by atoms with Crippen molar-refractivity contribution in [2.45, 2.75) is 5.79 Å². The Morgan fingerprint density at radius 1 is 1.29 bits per heavy atom. The maximum Gasteiger partial charge on any atom is 1.00 e. The van der Waals surface area contributed by atoms with Gasteiger partial charge in [-0.2, -0.15) is 5.21 Å². The first-order chi connectivity index (χ1) is 7.27. The molecular weight excluding hydrogens is 292 g/mol. The Labute approximate surface area is 136 Å². The maximum absolute atomic E-state index is 12.3. The van der Waals surface area contributed by atoms with Crippen molar-refractivity contribution >= 4 is 0 Å². The van der Waals surface area contributed by atoms with Crippen LogP contribution in [0.4, 0.5) is 0 Å². The first kappa shape index (κ1) is 16.9. The first-order valence-corrected chi connectivity index (χ1v) is 4.27. The molecule has 0 bridgehead atoms. The molecule has 1 radical (unpaired) electrons. The fourth-order valence-electron chi connectivity index (χ4n) is 1.27. The van der Waals surface area contributed by atoms with Crippen molar-refractivity contribution in [3.05, 3.63) is 41.7 Å². The summed E-state index contributed by atoms with van der Waals surface area (Å²) < 4.78 is 4.91. The second-order valence-electron chi connectivity index (χ2n) is 2.89. The molecular formula is C9H8LiN4O2Y-. The SMILES string of the molecule is COC([O-])(c1ccccc1)c1nnn[n-]1.[Li+].[Y]. The number of rotatable bonds is 3. The molecule has 0 aliphatic heterocycles. The Kier molecular flexibility index (Phi) is 7.33. The van der Waals surface area contributed by atoms with Gasteiger partial charge in [0.2, 0.25) is 0 Å². The predicted octanol–water partition coefficient (Wildman–Crippen LogP) is -3.96. The van der Waals surface area contributed by atoms with Gasteiger partial charge in [-0.1, -0.05) is 30.3 Å². The number of hydrogen-bond donors (Lipinski definition) is 0. The van der Waals surface area contributed by atoms with E-state index >= 15 is 0 Å². The van der Waals surface area contributed by atoms with Gasteiger partial charge in [-0.15, -0.1) is 0 Å². The van der Waals surface area contributed by atoms with Crippen molar-refractivity contribution in [1.29, 1.82) is 0 Å². The van der Waals surface area contributed by atoms with Crippen LogP contribution in [0.15, 0.2) is 30.3 Å². The van der Waals surface area contributed by atoms with Gasteiger partial charge >= 0.3 is 18.9 Å². The van der Waals surface area contributed by atoms with Crippen molar-refractivity contribution in [3.8, 4) is 0 Å². The van der Waals surface area contributed by atoms with E-state index in [0.717, 1.165) is 0 Å². The molecule has 1 heterocycles. The van der Waals surface area contributed by atoms with Crippen molar-refractivity contribution in [1.82, 2.24) is 20.6 Å². The van der Waals surface area contributed by atoms with Crippen molar-refractivity contribution in [3.63, 3.8) is 0 Å². The van der Waals surface area contributed by atoms with Gasteiger partial charge in [-0.05, 0) is 5.56 Å². The fourth-order valence-corrected chi connectivity index (χ4v) is 1.27. The van der Waals surface area contributed by atoms with E-state index in [1.54, 1.807) is 24.3 Å². The minimum Gasteiger partial charge on any atom is -0.821 e. The summed E-state index contributed by atoms with van der Waals surface area (Å²) in [7, 11) is 1.30. The van der Waals surface area contributed by atoms with Crippen LogP contribution in [0.1, 0.15) is 11.4 Å². The molecule has 0 spiro atoms. The van der Waals surface area contributed by atoms with E-state index in [1.807, 2.05) is 6.07 Å². The molecule has 1 atom stereocenters. The Balaban J connectivity index is 0.00000128. The van der Waals surface area contributed by atoms with Crippen LogP contribution >= 0.6 is 0 Å². The number of ether oxygens (including phenoxy) is 1. The van der Waals surface area contributed by atoms with Gasteiger partial charge in [0, 0.05) is 45.6 Å². The van der Waals surface area contributed by atoms with Gasteiger partial charge in [-0.25, -0.2) is 0 Å². The summed E-state index contributed by atoms with van der Waals surface area (Å²) in [4.78, 5) is 0. The van der Waals surface area contributed by atoms with E-state index in [9.17, 15) is 5.11 Å². The van der Waals surface area contributed by atoms with E-state index in [1.165, 1.54) is 7.11 Å². The van der Waals surface area contributed by atoms with Crippen molar-refractivity contribution < 1.29 is 61.4 Å². The second kappa shape index (κ2) is 7.37. The third-order valence-corrected chi connectivity index (χ3v) is 2.05. The molecule has 1 aromatic heterocycles. The molecule has 0 saturated carbocycles. The van der Waals surface area contributed by atoms with Crippen LogP contribution in [0.3, 0.4) is 0 Å². The van der Waals surface area contributed by atoms with Crippen molar-refractivity contribution in [2.24, 2.45) is 0 Å². The smallest absolute Gasteiger partial charge is 0.821 e. The van der Waals surface area contributed by atoms with Gasteiger partial charge in [0.05, 0.1) is 5.79 Å². The van der Waals surface area contributed by atoms with Gasteiger partial charge in [0.1, 0.15) is 0 Å². The molecule has 17 heavy (non-hydrogen) atoms. The van der Waals surface area contributed by atoms with E-state index in [0.29, 0.717) is 5.56 Å². The number of aromatic nitrogens is 4. The van der Waals surface area contributed by atoms with Crippen LogP contribution in [0, 0.1) is 0 Å². The zero-order chi connectivity index (χ0) is 10.7. The Morgan fingerprint density at radius 2 is 1.94 bits per heavy atom. The van der Waals surface area contributed by atoms with E-state index in [-0.39, 0.29) is 57.4 Å². The third kappa shape index (κ3) is 3.44.